The molecule has 110 valence electrons. The second-order valence-electron chi connectivity index (χ2n) is 5.45. The molecule has 5 heteroatoms. The number of hydrogen-bond acceptors (Lipinski definition) is 3. The SMILES string of the molecule is CCc1cc(NC(=O)C2CC2)nc2ccn(CC)c(=O)c12. The van der Waals surface area contributed by atoms with Crippen LogP contribution in [0.5, 0.6) is 0 Å². The number of hydrogen-bond donors (Lipinski definition) is 1. The molecule has 0 atom stereocenters. The molecule has 2 aromatic rings. The summed E-state index contributed by atoms with van der Waals surface area (Å²) in [7, 11) is 0. The number of carbonyl (C=O) groups is 1. The van der Waals surface area contributed by atoms with Crippen molar-refractivity contribution in [2.45, 2.75) is 39.7 Å². The van der Waals surface area contributed by atoms with Crippen LogP contribution in [0.25, 0.3) is 10.9 Å². The summed E-state index contributed by atoms with van der Waals surface area (Å²) in [5.74, 6) is 0.719. The van der Waals surface area contributed by atoms with Gasteiger partial charge in [-0.15, -0.1) is 0 Å². The Hall–Kier alpha value is -2.17. The topological polar surface area (TPSA) is 64.0 Å². The first-order valence-corrected chi connectivity index (χ1v) is 7.48. The molecule has 0 aromatic carbocycles. The molecule has 0 bridgehead atoms. The fraction of sp³-hybridized carbons (Fsp3) is 0.438. The van der Waals surface area contributed by atoms with Crippen LogP contribution in [0.15, 0.2) is 23.1 Å². The quantitative estimate of drug-likeness (QED) is 0.937. The average molecular weight is 285 g/mol. The van der Waals surface area contributed by atoms with E-state index in [4.69, 9.17) is 0 Å². The van der Waals surface area contributed by atoms with Crippen LogP contribution in [-0.4, -0.2) is 15.5 Å². The molecule has 0 aliphatic heterocycles. The van der Waals surface area contributed by atoms with E-state index < -0.39 is 0 Å². The number of carbonyl (C=O) groups excluding carboxylic acids is 1. The maximum absolute atomic E-state index is 12.4. The minimum Gasteiger partial charge on any atom is -0.315 e. The molecular weight excluding hydrogens is 266 g/mol. The van der Waals surface area contributed by atoms with Crippen molar-refractivity contribution >= 4 is 22.6 Å². The second-order valence-corrected chi connectivity index (χ2v) is 5.45. The highest BCUT2D eigenvalue weighted by molar-refractivity contribution is 5.94. The highest BCUT2D eigenvalue weighted by atomic mass is 16.2. The summed E-state index contributed by atoms with van der Waals surface area (Å²) in [6, 6.07) is 3.66. The summed E-state index contributed by atoms with van der Waals surface area (Å²) in [6.45, 7) is 4.58. The number of nitrogens with zero attached hydrogens (tertiary/aromatic N) is 2. The zero-order valence-electron chi connectivity index (χ0n) is 12.3. The van der Waals surface area contributed by atoms with Crippen molar-refractivity contribution < 1.29 is 4.79 Å². The van der Waals surface area contributed by atoms with Crippen molar-refractivity contribution in [3.05, 3.63) is 34.2 Å². The predicted molar refractivity (Wildman–Crippen MR) is 82.4 cm³/mol. The van der Waals surface area contributed by atoms with Crippen molar-refractivity contribution in [3.8, 4) is 0 Å². The lowest BCUT2D eigenvalue weighted by Gasteiger charge is -2.10. The maximum atomic E-state index is 12.4. The zero-order valence-corrected chi connectivity index (χ0v) is 12.3. The predicted octanol–water partition coefficient (Wildman–Crippen LogP) is 2.33. The van der Waals surface area contributed by atoms with Gasteiger partial charge >= 0.3 is 0 Å². The molecule has 1 N–H and O–H groups in total. The Kier molecular flexibility index (Phi) is 3.49. The van der Waals surface area contributed by atoms with Crippen molar-refractivity contribution in [2.75, 3.05) is 5.32 Å². The fourth-order valence-corrected chi connectivity index (χ4v) is 2.52. The number of aromatic nitrogens is 2. The van der Waals surface area contributed by atoms with Crippen LogP contribution in [0.1, 0.15) is 32.3 Å². The molecular formula is C16H19N3O2. The van der Waals surface area contributed by atoms with E-state index in [0.717, 1.165) is 24.8 Å². The molecule has 0 radical (unpaired) electrons. The van der Waals surface area contributed by atoms with Crippen LogP contribution in [0.3, 0.4) is 0 Å². The molecule has 0 spiro atoms. The summed E-state index contributed by atoms with van der Waals surface area (Å²) in [4.78, 5) is 28.7. The Labute approximate surface area is 123 Å². The third-order valence-corrected chi connectivity index (χ3v) is 3.94. The molecule has 1 saturated carbocycles. The van der Waals surface area contributed by atoms with Gasteiger partial charge in [-0.2, -0.15) is 0 Å². The van der Waals surface area contributed by atoms with Crippen LogP contribution in [0.2, 0.25) is 0 Å². The molecule has 2 heterocycles. The van der Waals surface area contributed by atoms with Crippen LogP contribution in [0, 0.1) is 5.92 Å². The molecule has 0 unspecified atom stereocenters. The fourth-order valence-electron chi connectivity index (χ4n) is 2.52. The van der Waals surface area contributed by atoms with Gasteiger partial charge in [0.05, 0.1) is 10.9 Å². The van der Waals surface area contributed by atoms with Gasteiger partial charge in [0.1, 0.15) is 5.82 Å². The highest BCUT2D eigenvalue weighted by Crippen LogP contribution is 2.30. The Balaban J connectivity index is 2.09. The van der Waals surface area contributed by atoms with Gasteiger partial charge in [-0.25, -0.2) is 4.98 Å². The summed E-state index contributed by atoms with van der Waals surface area (Å²) in [5, 5.41) is 3.52. The largest absolute Gasteiger partial charge is 0.315 e. The van der Waals surface area contributed by atoms with Gasteiger partial charge in [0.15, 0.2) is 0 Å². The number of pyridine rings is 2. The molecule has 1 fully saturated rings. The number of amides is 1. The first-order valence-electron chi connectivity index (χ1n) is 7.48. The molecule has 3 rings (SSSR count). The Morgan fingerprint density at radius 2 is 2.19 bits per heavy atom. The molecule has 1 aliphatic rings. The van der Waals surface area contributed by atoms with Gasteiger partial charge in [0.25, 0.3) is 5.56 Å². The van der Waals surface area contributed by atoms with E-state index in [1.807, 2.05) is 26.0 Å². The number of nitrogens with one attached hydrogen (secondary N) is 1. The van der Waals surface area contributed by atoms with E-state index in [1.165, 1.54) is 0 Å². The lowest BCUT2D eigenvalue weighted by molar-refractivity contribution is -0.117. The Bertz CT molecular complexity index is 760. The number of aryl methyl sites for hydroxylation is 2. The highest BCUT2D eigenvalue weighted by Gasteiger charge is 2.29. The van der Waals surface area contributed by atoms with Gasteiger partial charge in [-0.05, 0) is 43.9 Å². The number of rotatable bonds is 4. The maximum Gasteiger partial charge on any atom is 0.260 e. The lowest BCUT2D eigenvalue weighted by Crippen LogP contribution is -2.21. The van der Waals surface area contributed by atoms with Crippen LogP contribution >= 0.6 is 0 Å². The van der Waals surface area contributed by atoms with Crippen molar-refractivity contribution in [3.63, 3.8) is 0 Å². The second kappa shape index (κ2) is 5.31. The third kappa shape index (κ3) is 2.55. The minimum absolute atomic E-state index is 0.0144. The number of fused-ring (bicyclic) bond motifs is 1. The average Bonchev–Trinajstić information content (AvgIpc) is 3.31. The van der Waals surface area contributed by atoms with E-state index in [-0.39, 0.29) is 17.4 Å². The molecule has 2 aromatic heterocycles. The van der Waals surface area contributed by atoms with Crippen LogP contribution in [-0.2, 0) is 17.8 Å². The van der Waals surface area contributed by atoms with E-state index in [1.54, 1.807) is 10.8 Å². The first kappa shape index (κ1) is 13.8. The third-order valence-electron chi connectivity index (χ3n) is 3.94. The van der Waals surface area contributed by atoms with Gasteiger partial charge in [-0.1, -0.05) is 6.92 Å². The monoisotopic (exact) mass is 285 g/mol. The summed E-state index contributed by atoms with van der Waals surface area (Å²) < 4.78 is 1.67. The first-order chi connectivity index (χ1) is 10.1. The molecule has 21 heavy (non-hydrogen) atoms. The van der Waals surface area contributed by atoms with Crippen molar-refractivity contribution in [1.82, 2.24) is 9.55 Å². The molecule has 1 amide bonds. The van der Waals surface area contributed by atoms with Crippen molar-refractivity contribution in [1.29, 1.82) is 0 Å². The smallest absolute Gasteiger partial charge is 0.260 e. The van der Waals surface area contributed by atoms with Gasteiger partial charge in [0, 0.05) is 18.7 Å². The minimum atomic E-state index is -0.0144. The molecule has 0 saturated heterocycles. The normalized spacial score (nSPS) is 14.4. The van der Waals surface area contributed by atoms with Gasteiger partial charge in [0.2, 0.25) is 5.91 Å². The summed E-state index contributed by atoms with van der Waals surface area (Å²) in [5.41, 5.74) is 1.56. The Morgan fingerprint density at radius 1 is 1.43 bits per heavy atom. The number of anilines is 1. The van der Waals surface area contributed by atoms with Crippen LogP contribution in [0.4, 0.5) is 5.82 Å². The van der Waals surface area contributed by atoms with Gasteiger partial charge < -0.3 is 9.88 Å². The standard InChI is InChI=1S/C16H19N3O2/c1-3-10-9-13(18-15(20)11-5-6-11)17-12-7-8-19(4-2)16(21)14(10)12/h7-9,11H,3-6H2,1-2H3,(H,17,18,20). The lowest BCUT2D eigenvalue weighted by atomic mass is 10.1. The zero-order chi connectivity index (χ0) is 15.0. The van der Waals surface area contributed by atoms with E-state index in [2.05, 4.69) is 10.3 Å². The Morgan fingerprint density at radius 3 is 2.81 bits per heavy atom. The van der Waals surface area contributed by atoms with Crippen LogP contribution < -0.4 is 10.9 Å². The van der Waals surface area contributed by atoms with E-state index >= 15 is 0 Å². The summed E-state index contributed by atoms with van der Waals surface area (Å²) >= 11 is 0. The van der Waals surface area contributed by atoms with Gasteiger partial charge in [-0.3, -0.25) is 9.59 Å². The van der Waals surface area contributed by atoms with Crippen molar-refractivity contribution in [2.24, 2.45) is 5.92 Å². The van der Waals surface area contributed by atoms with E-state index in [9.17, 15) is 9.59 Å². The summed E-state index contributed by atoms with van der Waals surface area (Å²) in [6.07, 6.45) is 4.40. The molecule has 5 nitrogen and oxygen atoms in total. The van der Waals surface area contributed by atoms with E-state index in [0.29, 0.717) is 23.3 Å². The molecule has 1 aliphatic carbocycles.